The van der Waals surface area contributed by atoms with Crippen LogP contribution in [0.2, 0.25) is 0 Å². The molecule has 0 aliphatic rings. The number of aryl methyl sites for hydroxylation is 1. The molecule has 1 heterocycles. The van der Waals surface area contributed by atoms with Gasteiger partial charge in [0.2, 0.25) is 15.8 Å². The van der Waals surface area contributed by atoms with Crippen LogP contribution in [0.4, 0.5) is 0 Å². The lowest BCUT2D eigenvalue weighted by atomic mass is 10.1. The fraction of sp³-hybridized carbons (Fsp3) is 0.211. The molecule has 0 unspecified atom stereocenters. The Morgan fingerprint density at radius 2 is 1.97 bits per heavy atom. The number of para-hydroxylation sites is 1. The maximum absolute atomic E-state index is 12.3. The first kappa shape index (κ1) is 20.5. The molecule has 3 aromatic rings. The molecule has 0 amide bonds. The maximum atomic E-state index is 12.3. The van der Waals surface area contributed by atoms with Gasteiger partial charge in [-0.2, -0.15) is 4.98 Å². The van der Waals surface area contributed by atoms with Gasteiger partial charge in [0.25, 0.3) is 5.89 Å². The zero-order valence-electron chi connectivity index (χ0n) is 15.8. The second-order valence-corrected chi connectivity index (χ2v) is 7.57. The summed E-state index contributed by atoms with van der Waals surface area (Å²) in [5.41, 5.74) is 1.12. The number of carbonyl (C=O) groups excluding carboxylic acids is 1. The van der Waals surface area contributed by atoms with E-state index in [4.69, 9.17) is 19.1 Å². The second-order valence-electron chi connectivity index (χ2n) is 6.04. The van der Waals surface area contributed by atoms with Crippen LogP contribution in [-0.2, 0) is 21.4 Å². The van der Waals surface area contributed by atoms with Crippen LogP contribution >= 0.6 is 0 Å². The van der Waals surface area contributed by atoms with Gasteiger partial charge in [0, 0.05) is 0 Å². The highest BCUT2D eigenvalue weighted by Crippen LogP contribution is 2.27. The minimum atomic E-state index is -3.95. The van der Waals surface area contributed by atoms with Crippen molar-refractivity contribution in [1.82, 2.24) is 10.1 Å². The van der Waals surface area contributed by atoms with E-state index in [1.807, 2.05) is 19.1 Å². The fourth-order valence-electron chi connectivity index (χ4n) is 2.60. The number of nitrogens with zero attached hydrogens (tertiary/aromatic N) is 2. The molecule has 2 aromatic carbocycles. The zero-order chi connectivity index (χ0) is 21.0. The average molecular weight is 417 g/mol. The number of hydrogen-bond acceptors (Lipinski definition) is 8. The van der Waals surface area contributed by atoms with Crippen molar-refractivity contribution in [2.24, 2.45) is 5.14 Å². The fourth-order valence-corrected chi connectivity index (χ4v) is 3.41. The molecule has 2 N–H and O–H groups in total. The Morgan fingerprint density at radius 1 is 1.21 bits per heavy atom. The third kappa shape index (κ3) is 4.79. The number of nitrogens with two attached hydrogens (primary N) is 1. The van der Waals surface area contributed by atoms with Crippen molar-refractivity contribution >= 4 is 16.0 Å². The molecule has 0 saturated heterocycles. The Kier molecular flexibility index (Phi) is 5.95. The predicted octanol–water partition coefficient (Wildman–Crippen LogP) is 2.45. The Hall–Kier alpha value is -3.24. The van der Waals surface area contributed by atoms with E-state index < -0.39 is 16.0 Å². The summed E-state index contributed by atoms with van der Waals surface area (Å²) in [5.74, 6) is 0.240. The van der Waals surface area contributed by atoms with E-state index >= 15 is 0 Å². The molecular formula is C19H19N3O6S. The van der Waals surface area contributed by atoms with Crippen molar-refractivity contribution in [3.8, 4) is 17.1 Å². The Labute approximate surface area is 167 Å². The number of hydrogen-bond donors (Lipinski definition) is 1. The van der Waals surface area contributed by atoms with Crippen LogP contribution in [-0.4, -0.2) is 31.1 Å². The van der Waals surface area contributed by atoms with Gasteiger partial charge >= 0.3 is 5.97 Å². The number of sulfonamides is 1. The molecule has 0 aliphatic carbocycles. The van der Waals surface area contributed by atoms with E-state index in [0.29, 0.717) is 29.3 Å². The first-order valence-corrected chi connectivity index (χ1v) is 10.2. The molecule has 29 heavy (non-hydrogen) atoms. The summed E-state index contributed by atoms with van der Waals surface area (Å²) in [6, 6.07) is 11.3. The SMILES string of the molecule is CCOc1ccccc1-c1noc(COC(=O)c2ccc(C)c(S(N)(=O)=O)c2)n1. The van der Waals surface area contributed by atoms with Crippen molar-refractivity contribution in [3.05, 3.63) is 59.5 Å². The molecule has 3 rings (SSSR count). The van der Waals surface area contributed by atoms with Crippen molar-refractivity contribution in [2.75, 3.05) is 6.61 Å². The lowest BCUT2D eigenvalue weighted by Gasteiger charge is -2.07. The highest BCUT2D eigenvalue weighted by atomic mass is 32.2. The second kappa shape index (κ2) is 8.41. The monoisotopic (exact) mass is 417 g/mol. The van der Waals surface area contributed by atoms with Gasteiger partial charge in [0.05, 0.1) is 22.6 Å². The quantitative estimate of drug-likeness (QED) is 0.579. The Bertz CT molecular complexity index is 1140. The molecule has 0 atom stereocenters. The topological polar surface area (TPSA) is 135 Å². The number of benzene rings is 2. The van der Waals surface area contributed by atoms with Gasteiger partial charge in [-0.15, -0.1) is 0 Å². The number of primary sulfonamides is 1. The highest BCUT2D eigenvalue weighted by molar-refractivity contribution is 7.89. The summed E-state index contributed by atoms with van der Waals surface area (Å²) in [6.45, 7) is 3.65. The molecule has 152 valence electrons. The van der Waals surface area contributed by atoms with Crippen molar-refractivity contribution < 1.29 is 27.2 Å². The van der Waals surface area contributed by atoms with Crippen molar-refractivity contribution in [2.45, 2.75) is 25.3 Å². The van der Waals surface area contributed by atoms with E-state index in [2.05, 4.69) is 10.1 Å². The van der Waals surface area contributed by atoms with Crippen LogP contribution in [0.1, 0.15) is 28.7 Å². The van der Waals surface area contributed by atoms with Gasteiger partial charge < -0.3 is 14.0 Å². The van der Waals surface area contributed by atoms with Gasteiger partial charge in [-0.05, 0) is 43.7 Å². The van der Waals surface area contributed by atoms with Gasteiger partial charge in [0.1, 0.15) is 5.75 Å². The smallest absolute Gasteiger partial charge is 0.338 e. The minimum absolute atomic E-state index is 0.0426. The Morgan fingerprint density at radius 3 is 2.69 bits per heavy atom. The van der Waals surface area contributed by atoms with Crippen LogP contribution in [0.5, 0.6) is 5.75 Å². The summed E-state index contributed by atoms with van der Waals surface area (Å²) in [5, 5.41) is 9.04. The third-order valence-electron chi connectivity index (χ3n) is 3.95. The first-order chi connectivity index (χ1) is 13.8. The largest absolute Gasteiger partial charge is 0.493 e. The molecule has 10 heteroatoms. The van der Waals surface area contributed by atoms with Gasteiger partial charge in [-0.1, -0.05) is 23.4 Å². The number of ether oxygens (including phenoxy) is 2. The minimum Gasteiger partial charge on any atom is -0.493 e. The number of esters is 1. The van der Waals surface area contributed by atoms with E-state index in [1.54, 1.807) is 19.1 Å². The van der Waals surface area contributed by atoms with E-state index in [9.17, 15) is 13.2 Å². The molecule has 1 aromatic heterocycles. The van der Waals surface area contributed by atoms with Gasteiger partial charge in [-0.3, -0.25) is 0 Å². The highest BCUT2D eigenvalue weighted by Gasteiger charge is 2.18. The molecule has 0 fully saturated rings. The third-order valence-corrected chi connectivity index (χ3v) is 5.01. The first-order valence-electron chi connectivity index (χ1n) is 8.65. The molecule has 0 radical (unpaired) electrons. The van der Waals surface area contributed by atoms with Crippen LogP contribution in [0, 0.1) is 6.92 Å². The van der Waals surface area contributed by atoms with Gasteiger partial charge in [-0.25, -0.2) is 18.4 Å². The molecule has 0 aliphatic heterocycles. The molecule has 0 saturated carbocycles. The summed E-state index contributed by atoms with van der Waals surface area (Å²) in [4.78, 5) is 16.3. The number of rotatable bonds is 7. The lowest BCUT2D eigenvalue weighted by Crippen LogP contribution is -2.15. The molecule has 9 nitrogen and oxygen atoms in total. The molecule has 0 spiro atoms. The van der Waals surface area contributed by atoms with Crippen molar-refractivity contribution in [1.29, 1.82) is 0 Å². The summed E-state index contributed by atoms with van der Waals surface area (Å²) in [7, 11) is -3.95. The standard InChI is InChI=1S/C19H19N3O6S/c1-3-26-15-7-5-4-6-14(15)18-21-17(28-22-18)11-27-19(23)13-9-8-12(2)16(10-13)29(20,24)25/h4-10H,3,11H2,1-2H3,(H2,20,24,25). The number of aromatic nitrogens is 2. The van der Waals surface area contributed by atoms with Crippen LogP contribution in [0.25, 0.3) is 11.4 Å². The van der Waals surface area contributed by atoms with E-state index in [1.165, 1.54) is 18.2 Å². The van der Waals surface area contributed by atoms with E-state index in [-0.39, 0.29) is 23.0 Å². The molecule has 0 bridgehead atoms. The summed E-state index contributed by atoms with van der Waals surface area (Å²) >= 11 is 0. The van der Waals surface area contributed by atoms with Crippen molar-refractivity contribution in [3.63, 3.8) is 0 Å². The van der Waals surface area contributed by atoms with Crippen LogP contribution < -0.4 is 9.88 Å². The van der Waals surface area contributed by atoms with E-state index in [0.717, 1.165) is 0 Å². The predicted molar refractivity (Wildman–Crippen MR) is 103 cm³/mol. The normalized spacial score (nSPS) is 11.3. The summed E-state index contributed by atoms with van der Waals surface area (Å²) < 4.78 is 39.0. The van der Waals surface area contributed by atoms with Gasteiger partial charge in [0.15, 0.2) is 6.61 Å². The number of carbonyl (C=O) groups is 1. The summed E-state index contributed by atoms with van der Waals surface area (Å²) in [6.07, 6.45) is 0. The average Bonchev–Trinajstić information content (AvgIpc) is 3.15. The lowest BCUT2D eigenvalue weighted by molar-refractivity contribution is 0.0429. The van der Waals surface area contributed by atoms with Crippen LogP contribution in [0.3, 0.4) is 0 Å². The maximum Gasteiger partial charge on any atom is 0.338 e. The zero-order valence-corrected chi connectivity index (χ0v) is 16.6. The molecular weight excluding hydrogens is 398 g/mol. The Balaban J connectivity index is 1.73. The van der Waals surface area contributed by atoms with Crippen LogP contribution in [0.15, 0.2) is 51.9 Å².